The molecule has 1 aliphatic heterocycles. The first-order valence-corrected chi connectivity index (χ1v) is 8.66. The van der Waals surface area contributed by atoms with Crippen molar-refractivity contribution in [1.29, 1.82) is 0 Å². The molecule has 0 amide bonds. The number of ether oxygens (including phenoxy) is 1. The molecular weight excluding hydrogens is 291 g/mol. The van der Waals surface area contributed by atoms with Crippen LogP contribution in [0, 0.1) is 0 Å². The summed E-state index contributed by atoms with van der Waals surface area (Å²) in [6.07, 6.45) is 5.31. The van der Waals surface area contributed by atoms with Crippen LogP contribution in [-0.4, -0.2) is 38.9 Å². The third kappa shape index (κ3) is 3.83. The van der Waals surface area contributed by atoms with E-state index in [1.165, 1.54) is 23.7 Å². The van der Waals surface area contributed by atoms with E-state index in [4.69, 9.17) is 9.84 Å². The molecule has 3 atom stereocenters. The van der Waals surface area contributed by atoms with Crippen molar-refractivity contribution < 1.29 is 9.84 Å². The van der Waals surface area contributed by atoms with Crippen molar-refractivity contribution in [3.05, 3.63) is 30.3 Å². The zero-order valence-corrected chi connectivity index (χ0v) is 12.6. The summed E-state index contributed by atoms with van der Waals surface area (Å²) in [4.78, 5) is 0.669. The van der Waals surface area contributed by atoms with Crippen molar-refractivity contribution in [1.82, 2.24) is 0 Å². The van der Waals surface area contributed by atoms with E-state index >= 15 is 0 Å². The molecule has 18 heavy (non-hydrogen) atoms. The van der Waals surface area contributed by atoms with E-state index in [-0.39, 0.29) is 12.7 Å². The van der Waals surface area contributed by atoms with Crippen LogP contribution in [0.4, 0.5) is 0 Å². The van der Waals surface area contributed by atoms with Crippen LogP contribution >= 0.6 is 0 Å². The summed E-state index contributed by atoms with van der Waals surface area (Å²) in [5.41, 5.74) is 0. The van der Waals surface area contributed by atoms with E-state index in [0.29, 0.717) is 25.9 Å². The second-order valence-electron chi connectivity index (χ2n) is 4.83. The molecule has 0 unspecified atom stereocenters. The molecule has 1 aromatic carbocycles. The van der Waals surface area contributed by atoms with Gasteiger partial charge in [-0.05, 0) is 0 Å². The number of hydrogen-bond donors (Lipinski definition) is 1. The SMILES string of the molecule is CCCC[C@@H]([Se]c1ccccc1)[C@@H]1C[C@H](CO)O1. The molecule has 1 aromatic rings. The van der Waals surface area contributed by atoms with Crippen molar-refractivity contribution in [3.8, 4) is 0 Å². The van der Waals surface area contributed by atoms with Crippen LogP contribution in [0.1, 0.15) is 32.6 Å². The predicted octanol–water partition coefficient (Wildman–Crippen LogP) is 2.14. The number of hydrogen-bond acceptors (Lipinski definition) is 2. The van der Waals surface area contributed by atoms with Gasteiger partial charge >= 0.3 is 116 Å². The molecule has 0 saturated carbocycles. The minimum atomic E-state index is 0.102. The molecule has 100 valence electrons. The zero-order valence-electron chi connectivity index (χ0n) is 10.9. The molecule has 1 N–H and O–H groups in total. The van der Waals surface area contributed by atoms with Gasteiger partial charge in [-0.1, -0.05) is 0 Å². The van der Waals surface area contributed by atoms with Crippen molar-refractivity contribution in [2.24, 2.45) is 0 Å². The van der Waals surface area contributed by atoms with Gasteiger partial charge in [0.2, 0.25) is 0 Å². The summed E-state index contributed by atoms with van der Waals surface area (Å²) < 4.78 is 7.25. The Labute approximate surface area is 116 Å². The fourth-order valence-electron chi connectivity index (χ4n) is 2.25. The number of rotatable bonds is 7. The van der Waals surface area contributed by atoms with Crippen LogP contribution in [-0.2, 0) is 4.74 Å². The quantitative estimate of drug-likeness (QED) is 0.782. The van der Waals surface area contributed by atoms with Crippen molar-refractivity contribution in [3.63, 3.8) is 0 Å². The first-order chi connectivity index (χ1) is 8.83. The fraction of sp³-hybridized carbons (Fsp3) is 0.600. The Kier molecular flexibility index (Phi) is 5.71. The Hall–Kier alpha value is -0.341. The molecule has 0 aromatic heterocycles. The average Bonchev–Trinajstić information content (AvgIpc) is 2.35. The van der Waals surface area contributed by atoms with Crippen LogP contribution in [0.25, 0.3) is 0 Å². The second-order valence-corrected chi connectivity index (χ2v) is 7.58. The first kappa shape index (κ1) is 14.1. The molecule has 1 aliphatic rings. The van der Waals surface area contributed by atoms with E-state index < -0.39 is 0 Å². The summed E-state index contributed by atoms with van der Waals surface area (Å²) in [7, 11) is 0. The molecule has 2 nitrogen and oxygen atoms in total. The van der Waals surface area contributed by atoms with Crippen LogP contribution in [0.15, 0.2) is 30.3 Å². The Balaban J connectivity index is 1.89. The predicted molar refractivity (Wildman–Crippen MR) is 75.5 cm³/mol. The van der Waals surface area contributed by atoms with Crippen LogP contribution < -0.4 is 4.46 Å². The summed E-state index contributed by atoms with van der Waals surface area (Å²) in [6, 6.07) is 10.8. The van der Waals surface area contributed by atoms with Crippen LogP contribution in [0.3, 0.4) is 0 Å². The monoisotopic (exact) mass is 314 g/mol. The van der Waals surface area contributed by atoms with Gasteiger partial charge in [0.25, 0.3) is 0 Å². The van der Waals surface area contributed by atoms with Crippen molar-refractivity contribution in [2.75, 3.05) is 6.61 Å². The minimum absolute atomic E-state index is 0.102. The van der Waals surface area contributed by atoms with Gasteiger partial charge in [-0.2, -0.15) is 0 Å². The number of benzene rings is 1. The molecule has 1 fully saturated rings. The van der Waals surface area contributed by atoms with Gasteiger partial charge in [0.1, 0.15) is 0 Å². The molecule has 0 radical (unpaired) electrons. The number of aliphatic hydroxyl groups is 1. The van der Waals surface area contributed by atoms with Crippen molar-refractivity contribution in [2.45, 2.75) is 49.6 Å². The normalized spacial score (nSPS) is 24.6. The van der Waals surface area contributed by atoms with Gasteiger partial charge in [0, 0.05) is 0 Å². The molecular formula is C15H22O2Se. The van der Waals surface area contributed by atoms with Crippen LogP contribution in [0.5, 0.6) is 0 Å². The fourth-order valence-corrected chi connectivity index (χ4v) is 4.93. The van der Waals surface area contributed by atoms with Crippen molar-refractivity contribution >= 4 is 19.4 Å². The number of aliphatic hydroxyl groups excluding tert-OH is 1. The molecule has 3 heteroatoms. The molecule has 0 aliphatic carbocycles. The number of unbranched alkanes of at least 4 members (excludes halogenated alkanes) is 1. The Bertz CT molecular complexity index is 336. The Morgan fingerprint density at radius 3 is 2.72 bits per heavy atom. The van der Waals surface area contributed by atoms with Gasteiger partial charge in [0.15, 0.2) is 0 Å². The molecule has 0 bridgehead atoms. The molecule has 2 rings (SSSR count). The van der Waals surface area contributed by atoms with Gasteiger partial charge in [0.05, 0.1) is 0 Å². The van der Waals surface area contributed by atoms with Gasteiger partial charge in [-0.15, -0.1) is 0 Å². The van der Waals surface area contributed by atoms with Crippen LogP contribution in [0.2, 0.25) is 4.82 Å². The Morgan fingerprint density at radius 2 is 2.11 bits per heavy atom. The molecule has 1 saturated heterocycles. The van der Waals surface area contributed by atoms with E-state index in [2.05, 4.69) is 37.3 Å². The summed E-state index contributed by atoms with van der Waals surface area (Å²) in [5.74, 6) is 0. The second kappa shape index (κ2) is 7.30. The Morgan fingerprint density at radius 1 is 1.39 bits per heavy atom. The topological polar surface area (TPSA) is 29.5 Å². The third-order valence-corrected chi connectivity index (χ3v) is 6.26. The summed E-state index contributed by atoms with van der Waals surface area (Å²) >= 11 is 0.488. The average molecular weight is 313 g/mol. The maximum absolute atomic E-state index is 9.03. The maximum atomic E-state index is 9.03. The molecule has 1 heterocycles. The van der Waals surface area contributed by atoms with E-state index in [0.717, 1.165) is 6.42 Å². The van der Waals surface area contributed by atoms with E-state index in [1.54, 1.807) is 0 Å². The van der Waals surface area contributed by atoms with E-state index in [9.17, 15) is 0 Å². The standard InChI is InChI=1S/C15H22O2Se/c1-2-3-9-15(14-10-12(11-16)17-14)18-13-7-5-4-6-8-13/h4-8,12,14-16H,2-3,9-11H2,1H3/t12-,14+,15-/m1/s1. The third-order valence-electron chi connectivity index (χ3n) is 3.35. The summed E-state index contributed by atoms with van der Waals surface area (Å²) in [6.45, 7) is 2.42. The zero-order chi connectivity index (χ0) is 12.8. The van der Waals surface area contributed by atoms with Gasteiger partial charge in [-0.25, -0.2) is 0 Å². The van der Waals surface area contributed by atoms with Gasteiger partial charge in [-0.3, -0.25) is 0 Å². The first-order valence-electron chi connectivity index (χ1n) is 6.81. The van der Waals surface area contributed by atoms with E-state index in [1.807, 2.05) is 0 Å². The molecule has 0 spiro atoms. The van der Waals surface area contributed by atoms with Gasteiger partial charge < -0.3 is 0 Å². The summed E-state index contributed by atoms with van der Waals surface area (Å²) in [5, 5.41) is 9.03.